The normalized spacial score (nSPS) is 16.5. The molecule has 2 amide bonds. The van der Waals surface area contributed by atoms with E-state index in [4.69, 9.17) is 16.3 Å². The van der Waals surface area contributed by atoms with Crippen molar-refractivity contribution in [1.82, 2.24) is 4.98 Å². The van der Waals surface area contributed by atoms with Crippen molar-refractivity contribution in [2.75, 3.05) is 10.2 Å². The fraction of sp³-hybridized carbons (Fsp3) is 0.261. The molecule has 2 aromatic carbocycles. The lowest BCUT2D eigenvalue weighted by molar-refractivity contribution is -0.129. The molecule has 0 bridgehead atoms. The van der Waals surface area contributed by atoms with Gasteiger partial charge in [0.05, 0.1) is 16.4 Å². The second kappa shape index (κ2) is 8.69. The van der Waals surface area contributed by atoms with Gasteiger partial charge < -0.3 is 10.1 Å². The number of nitrogens with zero attached hydrogens (tertiary/aromatic N) is 2. The van der Waals surface area contributed by atoms with Crippen LogP contribution in [0.4, 0.5) is 11.4 Å². The maximum absolute atomic E-state index is 13.2. The summed E-state index contributed by atoms with van der Waals surface area (Å²) in [6, 6.07) is 11.7. The number of thiazole rings is 1. The Morgan fingerprint density at radius 3 is 2.68 bits per heavy atom. The Morgan fingerprint density at radius 1 is 1.29 bits per heavy atom. The van der Waals surface area contributed by atoms with Crippen LogP contribution in [0.25, 0.3) is 11.3 Å². The minimum absolute atomic E-state index is 0.236. The number of rotatable bonds is 5. The number of ether oxygens (including phenoxy) is 1. The molecule has 1 aromatic heterocycles. The van der Waals surface area contributed by atoms with Crippen LogP contribution in [-0.4, -0.2) is 28.9 Å². The van der Waals surface area contributed by atoms with Gasteiger partial charge in [-0.1, -0.05) is 18.5 Å². The molecule has 2 heterocycles. The Bertz CT molecular complexity index is 1130. The first-order chi connectivity index (χ1) is 14.9. The van der Waals surface area contributed by atoms with Gasteiger partial charge in [0.1, 0.15) is 11.8 Å². The maximum Gasteiger partial charge on any atom is 0.268 e. The van der Waals surface area contributed by atoms with Crippen molar-refractivity contribution < 1.29 is 14.3 Å². The van der Waals surface area contributed by atoms with E-state index >= 15 is 0 Å². The summed E-state index contributed by atoms with van der Waals surface area (Å²) in [7, 11) is 0. The van der Waals surface area contributed by atoms with Gasteiger partial charge in [-0.2, -0.15) is 0 Å². The van der Waals surface area contributed by atoms with E-state index < -0.39 is 12.1 Å². The molecule has 4 rings (SSSR count). The van der Waals surface area contributed by atoms with Crippen LogP contribution in [0.15, 0.2) is 47.8 Å². The fourth-order valence-corrected chi connectivity index (χ4v) is 4.24. The lowest BCUT2D eigenvalue weighted by Crippen LogP contribution is -2.53. The summed E-state index contributed by atoms with van der Waals surface area (Å²) in [5, 5.41) is 6.37. The van der Waals surface area contributed by atoms with Crippen molar-refractivity contribution in [2.45, 2.75) is 39.3 Å². The molecule has 0 aliphatic carbocycles. The predicted octanol–water partition coefficient (Wildman–Crippen LogP) is 5.30. The fourth-order valence-electron chi connectivity index (χ4n) is 3.49. The largest absolute Gasteiger partial charge is 0.478 e. The lowest BCUT2D eigenvalue weighted by atomic mass is 10.0. The van der Waals surface area contributed by atoms with Gasteiger partial charge in [-0.3, -0.25) is 14.5 Å². The van der Waals surface area contributed by atoms with E-state index in [2.05, 4.69) is 10.3 Å². The summed E-state index contributed by atoms with van der Waals surface area (Å²) in [5.74, 6) is 0.0435. The highest BCUT2D eigenvalue weighted by atomic mass is 35.5. The summed E-state index contributed by atoms with van der Waals surface area (Å²) in [6.45, 7) is 5.54. The molecule has 0 radical (unpaired) electrons. The van der Waals surface area contributed by atoms with Gasteiger partial charge in [0.25, 0.3) is 5.91 Å². The van der Waals surface area contributed by atoms with E-state index in [9.17, 15) is 9.59 Å². The minimum Gasteiger partial charge on any atom is -0.478 e. The number of hydrogen-bond donors (Lipinski definition) is 1. The maximum atomic E-state index is 13.2. The van der Waals surface area contributed by atoms with Gasteiger partial charge in [0.15, 0.2) is 6.10 Å². The van der Waals surface area contributed by atoms with Crippen LogP contribution >= 0.6 is 22.9 Å². The van der Waals surface area contributed by atoms with Gasteiger partial charge in [-0.25, -0.2) is 4.98 Å². The average Bonchev–Trinajstić information content (AvgIpc) is 3.20. The lowest BCUT2D eigenvalue weighted by Gasteiger charge is -2.37. The van der Waals surface area contributed by atoms with E-state index in [1.54, 1.807) is 42.5 Å². The molecule has 1 aliphatic heterocycles. The van der Waals surface area contributed by atoms with Crippen LogP contribution in [0.1, 0.15) is 25.3 Å². The molecule has 3 aromatic rings. The Balaban J connectivity index is 1.68. The monoisotopic (exact) mass is 455 g/mol. The van der Waals surface area contributed by atoms with Crippen molar-refractivity contribution >= 4 is 46.1 Å². The highest BCUT2D eigenvalue weighted by Crippen LogP contribution is 2.39. The summed E-state index contributed by atoms with van der Waals surface area (Å²) in [6.07, 6.45) is -0.126. The number of aryl methyl sites for hydroxylation is 1. The van der Waals surface area contributed by atoms with Crippen LogP contribution in [0, 0.1) is 6.92 Å². The quantitative estimate of drug-likeness (QED) is 0.566. The number of hydrogen-bond acceptors (Lipinski definition) is 5. The second-order valence-electron chi connectivity index (χ2n) is 7.33. The highest BCUT2D eigenvalue weighted by Gasteiger charge is 2.38. The third-order valence-electron chi connectivity index (χ3n) is 5.16. The van der Waals surface area contributed by atoms with Gasteiger partial charge >= 0.3 is 0 Å². The molecule has 6 nitrogen and oxygen atoms in total. The van der Waals surface area contributed by atoms with Crippen molar-refractivity contribution in [1.29, 1.82) is 0 Å². The van der Waals surface area contributed by atoms with Gasteiger partial charge in [0.2, 0.25) is 5.91 Å². The summed E-state index contributed by atoms with van der Waals surface area (Å²) < 4.78 is 5.93. The molecule has 1 aliphatic rings. The van der Waals surface area contributed by atoms with Crippen LogP contribution in [0.2, 0.25) is 5.02 Å². The summed E-state index contributed by atoms with van der Waals surface area (Å²) in [4.78, 5) is 32.3. The molecular formula is C23H22ClN3O3S. The second-order valence-corrected chi connectivity index (χ2v) is 8.83. The highest BCUT2D eigenvalue weighted by molar-refractivity contribution is 7.09. The number of benzene rings is 2. The number of fused-ring (bicyclic) bond motifs is 1. The molecule has 0 fully saturated rings. The Labute approximate surface area is 189 Å². The van der Waals surface area contributed by atoms with Crippen molar-refractivity contribution in [3.8, 4) is 17.0 Å². The molecule has 160 valence electrons. The molecule has 0 saturated carbocycles. The van der Waals surface area contributed by atoms with Crippen LogP contribution in [0.3, 0.4) is 0 Å². The third kappa shape index (κ3) is 4.29. The van der Waals surface area contributed by atoms with Crippen molar-refractivity contribution in [3.05, 3.63) is 57.9 Å². The van der Waals surface area contributed by atoms with Crippen LogP contribution in [0.5, 0.6) is 5.75 Å². The first-order valence-corrected chi connectivity index (χ1v) is 11.3. The molecular weight excluding hydrogens is 434 g/mol. The molecule has 31 heavy (non-hydrogen) atoms. The molecule has 1 N–H and O–H groups in total. The Hall–Kier alpha value is -2.90. The Morgan fingerprint density at radius 2 is 2.03 bits per heavy atom. The standard InChI is InChI=1S/C23H22ClN3O3S/c1-4-20-23(29)27(13(2)22(28)26-17-8-6-16(24)7-9-17)19-11-15(5-10-21(19)30-20)18-12-31-14(3)25-18/h5-13,20H,4H2,1-3H3,(H,26,28). The van der Waals surface area contributed by atoms with E-state index in [1.165, 1.54) is 4.90 Å². The number of halogens is 1. The number of amides is 2. The molecule has 8 heteroatoms. The van der Waals surface area contributed by atoms with Crippen molar-refractivity contribution in [3.63, 3.8) is 0 Å². The zero-order valence-corrected chi connectivity index (χ0v) is 19.0. The SMILES string of the molecule is CCC1Oc2ccc(-c3csc(C)n3)cc2N(C(C)C(=O)Nc2ccc(Cl)cc2)C1=O. The van der Waals surface area contributed by atoms with E-state index in [1.807, 2.05) is 37.4 Å². The van der Waals surface area contributed by atoms with Gasteiger partial charge in [-0.05, 0) is 62.7 Å². The smallest absolute Gasteiger partial charge is 0.268 e. The molecule has 2 unspecified atom stereocenters. The molecule has 2 atom stereocenters. The predicted molar refractivity (Wildman–Crippen MR) is 124 cm³/mol. The zero-order chi connectivity index (χ0) is 22.1. The van der Waals surface area contributed by atoms with E-state index in [-0.39, 0.29) is 11.8 Å². The number of carbonyl (C=O) groups excluding carboxylic acids is 2. The first-order valence-electron chi connectivity index (χ1n) is 10.00. The number of aromatic nitrogens is 1. The van der Waals surface area contributed by atoms with Gasteiger partial charge in [-0.15, -0.1) is 11.3 Å². The van der Waals surface area contributed by atoms with Crippen molar-refractivity contribution in [2.24, 2.45) is 0 Å². The van der Waals surface area contributed by atoms with E-state index in [0.29, 0.717) is 28.6 Å². The number of nitrogens with one attached hydrogen (secondary N) is 1. The molecule has 0 saturated heterocycles. The minimum atomic E-state index is -0.743. The molecule has 0 spiro atoms. The number of carbonyl (C=O) groups is 2. The van der Waals surface area contributed by atoms with E-state index in [0.717, 1.165) is 16.3 Å². The van der Waals surface area contributed by atoms with Crippen LogP contribution < -0.4 is 15.0 Å². The third-order valence-corrected chi connectivity index (χ3v) is 6.19. The summed E-state index contributed by atoms with van der Waals surface area (Å²) >= 11 is 7.48. The zero-order valence-electron chi connectivity index (χ0n) is 17.4. The topological polar surface area (TPSA) is 71.5 Å². The van der Waals surface area contributed by atoms with Crippen LogP contribution in [-0.2, 0) is 9.59 Å². The van der Waals surface area contributed by atoms with Gasteiger partial charge in [0, 0.05) is 21.7 Å². The Kier molecular flexibility index (Phi) is 5.98. The average molecular weight is 456 g/mol. The number of anilines is 2. The summed E-state index contributed by atoms with van der Waals surface area (Å²) in [5.41, 5.74) is 2.87. The first kappa shape index (κ1) is 21.3.